The average molecular weight is 455 g/mol. The Morgan fingerprint density at radius 3 is 2.55 bits per heavy atom. The normalized spacial score (nSPS) is 15.3. The summed E-state index contributed by atoms with van der Waals surface area (Å²) < 4.78 is 22.7. The number of aromatic nitrogens is 2. The number of carbonyl (C=O) groups is 1. The van der Waals surface area contributed by atoms with Crippen molar-refractivity contribution in [1.82, 2.24) is 19.2 Å². The van der Waals surface area contributed by atoms with Gasteiger partial charge in [0.25, 0.3) is 5.91 Å². The highest BCUT2D eigenvalue weighted by atomic mass is 19.1. The fraction of sp³-hybridized carbons (Fsp3) is 0.440. The Bertz CT molecular complexity index is 1170. The molecule has 4 rings (SSSR count). The molecule has 1 aliphatic heterocycles. The van der Waals surface area contributed by atoms with Gasteiger partial charge in [0.05, 0.1) is 24.2 Å². The Morgan fingerprint density at radius 2 is 1.88 bits per heavy atom. The standard InChI is InChI=1S/C25H31FN4O3/c1-17(2)16-33-21-6-4-18(5-7-21)13-29-15-23-22(12-19(26)14-30(23)25(29)32)24(31)27-20-8-10-28(3)11-9-20/h4-7,12,14-15,17,20H,8-11,13,16H2,1-3H3,(H,27,31). The van der Waals surface area contributed by atoms with Crippen LogP contribution in [0.2, 0.25) is 0 Å². The highest BCUT2D eigenvalue weighted by Gasteiger charge is 2.22. The van der Waals surface area contributed by atoms with E-state index in [9.17, 15) is 14.0 Å². The van der Waals surface area contributed by atoms with Gasteiger partial charge in [-0.15, -0.1) is 0 Å². The van der Waals surface area contributed by atoms with E-state index in [1.807, 2.05) is 24.3 Å². The van der Waals surface area contributed by atoms with Crippen LogP contribution < -0.4 is 15.7 Å². The number of piperidine rings is 1. The fourth-order valence-electron chi connectivity index (χ4n) is 4.06. The molecule has 0 bridgehead atoms. The number of likely N-dealkylation sites (tertiary alicyclic amines) is 1. The largest absolute Gasteiger partial charge is 0.493 e. The number of benzene rings is 1. The Hall–Kier alpha value is -3.13. The molecule has 2 aromatic heterocycles. The lowest BCUT2D eigenvalue weighted by Gasteiger charge is -2.29. The van der Waals surface area contributed by atoms with E-state index < -0.39 is 11.5 Å². The van der Waals surface area contributed by atoms with Crippen molar-refractivity contribution in [1.29, 1.82) is 0 Å². The molecular formula is C25H31FN4O3. The van der Waals surface area contributed by atoms with E-state index in [2.05, 4.69) is 31.1 Å². The maximum absolute atomic E-state index is 14.3. The lowest BCUT2D eigenvalue weighted by atomic mass is 10.0. The molecule has 1 amide bonds. The number of imidazole rings is 1. The molecule has 8 heteroatoms. The second-order valence-electron chi connectivity index (χ2n) is 9.27. The third-order valence-electron chi connectivity index (χ3n) is 5.96. The van der Waals surface area contributed by atoms with E-state index in [-0.39, 0.29) is 17.5 Å². The number of hydrogen-bond donors (Lipinski definition) is 1. The molecule has 1 N–H and O–H groups in total. The van der Waals surface area contributed by atoms with Gasteiger partial charge >= 0.3 is 5.69 Å². The number of nitrogens with zero attached hydrogens (tertiary/aromatic N) is 3. The molecule has 1 fully saturated rings. The summed E-state index contributed by atoms with van der Waals surface area (Å²) in [4.78, 5) is 28.1. The summed E-state index contributed by atoms with van der Waals surface area (Å²) in [6.45, 7) is 6.93. The topological polar surface area (TPSA) is 68.0 Å². The molecule has 1 aliphatic rings. The van der Waals surface area contributed by atoms with E-state index in [0.717, 1.165) is 43.4 Å². The van der Waals surface area contributed by atoms with Gasteiger partial charge in [0.1, 0.15) is 11.6 Å². The van der Waals surface area contributed by atoms with Crippen LogP contribution in [0.25, 0.3) is 5.52 Å². The molecule has 0 aliphatic carbocycles. The zero-order valence-electron chi connectivity index (χ0n) is 19.4. The predicted molar refractivity (Wildman–Crippen MR) is 125 cm³/mol. The minimum Gasteiger partial charge on any atom is -0.493 e. The quantitative estimate of drug-likeness (QED) is 0.596. The number of halogens is 1. The summed E-state index contributed by atoms with van der Waals surface area (Å²) in [5.41, 5.74) is 1.08. The van der Waals surface area contributed by atoms with Crippen molar-refractivity contribution in [3.05, 3.63) is 70.2 Å². The first-order valence-electron chi connectivity index (χ1n) is 11.4. The van der Waals surface area contributed by atoms with Crippen LogP contribution in [0.5, 0.6) is 5.75 Å². The van der Waals surface area contributed by atoms with E-state index in [0.29, 0.717) is 24.6 Å². The smallest absolute Gasteiger partial charge is 0.333 e. The lowest BCUT2D eigenvalue weighted by Crippen LogP contribution is -2.43. The molecule has 0 atom stereocenters. The number of fused-ring (bicyclic) bond motifs is 1. The number of rotatable bonds is 7. The summed E-state index contributed by atoms with van der Waals surface area (Å²) in [5, 5.41) is 3.01. The van der Waals surface area contributed by atoms with Crippen LogP contribution in [-0.4, -0.2) is 52.6 Å². The minimum absolute atomic E-state index is 0.0438. The molecule has 3 aromatic rings. The SMILES string of the molecule is CC(C)COc1ccc(Cn2cc3c(C(=O)NC4CCN(C)CC4)cc(F)cn3c2=O)cc1. The van der Waals surface area contributed by atoms with Crippen molar-refractivity contribution in [2.75, 3.05) is 26.7 Å². The van der Waals surface area contributed by atoms with Crippen molar-refractivity contribution in [3.63, 3.8) is 0 Å². The maximum Gasteiger partial charge on any atom is 0.333 e. The van der Waals surface area contributed by atoms with Crippen molar-refractivity contribution in [3.8, 4) is 5.75 Å². The fourth-order valence-corrected chi connectivity index (χ4v) is 4.06. The number of ether oxygens (including phenoxy) is 1. The first-order valence-corrected chi connectivity index (χ1v) is 11.4. The summed E-state index contributed by atoms with van der Waals surface area (Å²) in [7, 11) is 2.05. The molecule has 0 radical (unpaired) electrons. The summed E-state index contributed by atoms with van der Waals surface area (Å²) in [5.74, 6) is 0.230. The zero-order chi connectivity index (χ0) is 23.5. The molecule has 33 heavy (non-hydrogen) atoms. The molecule has 1 aromatic carbocycles. The third kappa shape index (κ3) is 5.45. The molecular weight excluding hydrogens is 423 g/mol. The van der Waals surface area contributed by atoms with Crippen molar-refractivity contribution in [2.24, 2.45) is 5.92 Å². The van der Waals surface area contributed by atoms with Crippen LogP contribution in [0, 0.1) is 11.7 Å². The zero-order valence-corrected chi connectivity index (χ0v) is 19.4. The van der Waals surface area contributed by atoms with Gasteiger partial charge in [-0.05, 0) is 62.7 Å². The molecule has 0 saturated carbocycles. The van der Waals surface area contributed by atoms with E-state index in [4.69, 9.17) is 4.74 Å². The Balaban J connectivity index is 1.55. The van der Waals surface area contributed by atoms with E-state index in [1.54, 1.807) is 6.20 Å². The molecule has 7 nitrogen and oxygen atoms in total. The van der Waals surface area contributed by atoms with Crippen LogP contribution in [0.1, 0.15) is 42.6 Å². The Morgan fingerprint density at radius 1 is 1.18 bits per heavy atom. The highest BCUT2D eigenvalue weighted by molar-refractivity contribution is 6.00. The number of amides is 1. The van der Waals surface area contributed by atoms with Crippen molar-refractivity contribution < 1.29 is 13.9 Å². The van der Waals surface area contributed by atoms with Crippen LogP contribution in [0.4, 0.5) is 4.39 Å². The van der Waals surface area contributed by atoms with Gasteiger partial charge in [-0.3, -0.25) is 13.8 Å². The predicted octanol–water partition coefficient (Wildman–Crippen LogP) is 3.15. The van der Waals surface area contributed by atoms with Crippen molar-refractivity contribution >= 4 is 11.4 Å². The van der Waals surface area contributed by atoms with Gasteiger partial charge < -0.3 is 15.0 Å². The Kier molecular flexibility index (Phi) is 6.83. The van der Waals surface area contributed by atoms with Crippen LogP contribution in [-0.2, 0) is 6.54 Å². The molecule has 0 unspecified atom stereocenters. The van der Waals surface area contributed by atoms with Gasteiger partial charge in [-0.25, -0.2) is 9.18 Å². The lowest BCUT2D eigenvalue weighted by molar-refractivity contribution is 0.0917. The number of nitrogens with one attached hydrogen (secondary N) is 1. The van der Waals surface area contributed by atoms with Gasteiger partial charge in [0.15, 0.2) is 0 Å². The monoisotopic (exact) mass is 454 g/mol. The first kappa shape index (κ1) is 23.0. The number of carbonyl (C=O) groups excluding carboxylic acids is 1. The Labute approximate surface area is 192 Å². The summed E-state index contributed by atoms with van der Waals surface area (Å²) >= 11 is 0. The van der Waals surface area contributed by atoms with E-state index in [1.165, 1.54) is 15.0 Å². The van der Waals surface area contributed by atoms with Crippen LogP contribution >= 0.6 is 0 Å². The second-order valence-corrected chi connectivity index (χ2v) is 9.27. The first-order chi connectivity index (χ1) is 15.8. The van der Waals surface area contributed by atoms with Crippen LogP contribution in [0.3, 0.4) is 0 Å². The van der Waals surface area contributed by atoms with Crippen molar-refractivity contribution in [2.45, 2.75) is 39.3 Å². The van der Waals surface area contributed by atoms with Gasteiger partial charge in [-0.2, -0.15) is 0 Å². The molecule has 3 heterocycles. The summed E-state index contributed by atoms with van der Waals surface area (Å²) in [6.07, 6.45) is 4.44. The summed E-state index contributed by atoms with van der Waals surface area (Å²) in [6, 6.07) is 8.79. The third-order valence-corrected chi connectivity index (χ3v) is 5.96. The second kappa shape index (κ2) is 9.79. The molecule has 0 spiro atoms. The maximum atomic E-state index is 14.3. The van der Waals surface area contributed by atoms with E-state index >= 15 is 0 Å². The highest BCUT2D eigenvalue weighted by Crippen LogP contribution is 2.17. The molecule has 1 saturated heterocycles. The van der Waals surface area contributed by atoms with Gasteiger partial charge in [0.2, 0.25) is 0 Å². The minimum atomic E-state index is -0.623. The van der Waals surface area contributed by atoms with Crippen LogP contribution in [0.15, 0.2) is 47.5 Å². The number of hydrogen-bond acceptors (Lipinski definition) is 4. The average Bonchev–Trinajstić information content (AvgIpc) is 3.09. The number of pyridine rings is 1. The van der Waals surface area contributed by atoms with Gasteiger partial charge in [-0.1, -0.05) is 26.0 Å². The molecule has 176 valence electrons. The van der Waals surface area contributed by atoms with Gasteiger partial charge in [0, 0.05) is 18.4 Å².